The molecule has 0 saturated carbocycles. The summed E-state index contributed by atoms with van der Waals surface area (Å²) in [6.45, 7) is 1.62. The lowest BCUT2D eigenvalue weighted by molar-refractivity contribution is -0.412. The molecule has 0 heterocycles. The summed E-state index contributed by atoms with van der Waals surface area (Å²) >= 11 is 2.63. The topological polar surface area (TPSA) is 9.23 Å². The van der Waals surface area contributed by atoms with Gasteiger partial charge in [0.05, 0.1) is 6.61 Å². The third-order valence-corrected chi connectivity index (χ3v) is 4.60. The van der Waals surface area contributed by atoms with E-state index in [0.29, 0.717) is 6.42 Å². The minimum Gasteiger partial charge on any atom is -0.478 e. The first kappa shape index (κ1) is 27.5. The Balaban J connectivity index is 4.95. The van der Waals surface area contributed by atoms with Gasteiger partial charge in [0, 0.05) is 11.8 Å². The van der Waals surface area contributed by atoms with Crippen LogP contribution in [0, 0.1) is 0 Å². The third-order valence-electron chi connectivity index (χ3n) is 3.44. The molecule has 0 atom stereocenters. The quantitative estimate of drug-likeness (QED) is 0.175. The summed E-state index contributed by atoms with van der Waals surface area (Å²) in [6, 6.07) is 0. The van der Waals surface area contributed by atoms with Crippen molar-refractivity contribution in [3.8, 4) is 0 Å². The summed E-state index contributed by atoms with van der Waals surface area (Å²) in [6.07, 6.45) is -2.82. The van der Waals surface area contributed by atoms with Crippen molar-refractivity contribution in [2.45, 2.75) is 74.6 Å². The Morgan fingerprint density at radius 1 is 0.714 bits per heavy atom. The van der Waals surface area contributed by atoms with Gasteiger partial charge < -0.3 is 4.74 Å². The number of ether oxygens (including phenoxy) is 1. The van der Waals surface area contributed by atoms with Crippen LogP contribution >= 0.6 is 24.0 Å². The van der Waals surface area contributed by atoms with Gasteiger partial charge in [-0.1, -0.05) is 39.0 Å². The maximum Gasteiger partial charge on any atom is 0.460 e. The SMILES string of the molecule is CCCCCCCCOC(=S)SC(F)(F)C(F)(F)C(F)(F)C(F)(F)C(F)(F)F. The number of rotatable bonds is 11. The summed E-state index contributed by atoms with van der Waals surface area (Å²) in [5, 5.41) is -6.09. The summed E-state index contributed by atoms with van der Waals surface area (Å²) < 4.78 is 144. The predicted octanol–water partition coefficient (Wildman–Crippen LogP) is 7.44. The van der Waals surface area contributed by atoms with Crippen molar-refractivity contribution in [3.05, 3.63) is 0 Å². The van der Waals surface area contributed by atoms with Crippen LogP contribution in [0.25, 0.3) is 0 Å². The minimum atomic E-state index is -7.44. The Labute approximate surface area is 163 Å². The summed E-state index contributed by atoms with van der Waals surface area (Å²) in [7, 11) is 0. The van der Waals surface area contributed by atoms with Crippen LogP contribution in [0.2, 0.25) is 0 Å². The van der Waals surface area contributed by atoms with Gasteiger partial charge in [0.15, 0.2) is 0 Å². The van der Waals surface area contributed by atoms with E-state index in [4.69, 9.17) is 0 Å². The number of unbranched alkanes of at least 4 members (excludes halogenated alkanes) is 5. The van der Waals surface area contributed by atoms with Crippen molar-refractivity contribution in [1.82, 2.24) is 0 Å². The van der Waals surface area contributed by atoms with E-state index in [0.717, 1.165) is 25.7 Å². The highest BCUT2D eigenvalue weighted by atomic mass is 32.2. The van der Waals surface area contributed by atoms with Crippen LogP contribution in [0.5, 0.6) is 0 Å². The first-order valence-electron chi connectivity index (χ1n) is 7.89. The second kappa shape index (κ2) is 9.98. The molecule has 0 rings (SSSR count). The van der Waals surface area contributed by atoms with Gasteiger partial charge in [-0.25, -0.2) is 0 Å². The molecule has 0 amide bonds. The van der Waals surface area contributed by atoms with Crippen molar-refractivity contribution >= 4 is 28.4 Å². The zero-order chi connectivity index (χ0) is 22.4. The zero-order valence-electron chi connectivity index (χ0n) is 14.3. The Kier molecular flexibility index (Phi) is 9.80. The molecule has 0 fully saturated rings. The molecule has 0 radical (unpaired) electrons. The van der Waals surface area contributed by atoms with E-state index in [1.165, 1.54) is 0 Å². The Bertz CT molecular complexity index is 506. The van der Waals surface area contributed by atoms with E-state index in [1.54, 1.807) is 0 Å². The molecule has 0 aliphatic rings. The molecule has 0 aromatic rings. The highest BCUT2D eigenvalue weighted by molar-refractivity contribution is 8.23. The molecule has 0 aromatic heterocycles. The number of thioether (sulfide) groups is 1. The van der Waals surface area contributed by atoms with E-state index < -0.39 is 45.3 Å². The first-order chi connectivity index (χ1) is 12.5. The van der Waals surface area contributed by atoms with E-state index in [9.17, 15) is 48.3 Å². The standard InChI is InChI=1S/C14H17F11OS2/c1-2-3-4-5-6-7-8-26-9(27)28-14(24,25)12(19,20)10(15,16)11(17,18)13(21,22)23/h2-8H2,1H3. The molecule has 168 valence electrons. The van der Waals surface area contributed by atoms with Crippen molar-refractivity contribution in [2.75, 3.05) is 6.61 Å². The summed E-state index contributed by atoms with van der Waals surface area (Å²) in [5.41, 5.74) is 0. The van der Waals surface area contributed by atoms with Crippen LogP contribution in [0.1, 0.15) is 45.4 Å². The van der Waals surface area contributed by atoms with Crippen LogP contribution in [-0.2, 0) is 4.74 Å². The second-order valence-electron chi connectivity index (χ2n) is 5.71. The fourth-order valence-corrected chi connectivity index (χ4v) is 2.80. The average molecular weight is 474 g/mol. The van der Waals surface area contributed by atoms with E-state index in [1.807, 2.05) is 6.92 Å². The molecule has 1 nitrogen and oxygen atoms in total. The zero-order valence-corrected chi connectivity index (χ0v) is 16.0. The van der Waals surface area contributed by atoms with Gasteiger partial charge in [-0.05, 0) is 18.6 Å². The fraction of sp³-hybridized carbons (Fsp3) is 0.929. The van der Waals surface area contributed by atoms with Crippen LogP contribution in [0.4, 0.5) is 48.3 Å². The van der Waals surface area contributed by atoms with Gasteiger partial charge >= 0.3 is 29.2 Å². The van der Waals surface area contributed by atoms with E-state index in [-0.39, 0.29) is 13.0 Å². The first-order valence-corrected chi connectivity index (χ1v) is 9.12. The number of hydrogen-bond acceptors (Lipinski definition) is 3. The highest BCUT2D eigenvalue weighted by Crippen LogP contribution is 2.59. The Hall–Kier alpha value is -0.530. The number of hydrogen-bond donors (Lipinski definition) is 0. The number of halogens is 11. The van der Waals surface area contributed by atoms with Crippen LogP contribution < -0.4 is 0 Å². The van der Waals surface area contributed by atoms with E-state index in [2.05, 4.69) is 17.0 Å². The van der Waals surface area contributed by atoms with Gasteiger partial charge in [0.2, 0.25) is 4.38 Å². The molecule has 0 N–H and O–H groups in total. The van der Waals surface area contributed by atoms with Crippen molar-refractivity contribution in [3.63, 3.8) is 0 Å². The summed E-state index contributed by atoms with van der Waals surface area (Å²) in [5.74, 6) is -21.9. The molecule has 0 bridgehead atoms. The molecular formula is C14H17F11OS2. The van der Waals surface area contributed by atoms with Crippen LogP contribution in [0.3, 0.4) is 0 Å². The highest BCUT2D eigenvalue weighted by Gasteiger charge is 2.87. The third kappa shape index (κ3) is 6.23. The van der Waals surface area contributed by atoms with Gasteiger partial charge in [-0.3, -0.25) is 0 Å². The average Bonchev–Trinajstić information content (AvgIpc) is 2.51. The van der Waals surface area contributed by atoms with Gasteiger partial charge in [0.1, 0.15) is 0 Å². The predicted molar refractivity (Wildman–Crippen MR) is 85.4 cm³/mol. The molecule has 0 spiro atoms. The van der Waals surface area contributed by atoms with Gasteiger partial charge in [-0.2, -0.15) is 48.3 Å². The molecule has 0 saturated heterocycles. The number of thiocarbonyl (C=S) groups is 1. The maximum absolute atomic E-state index is 13.4. The lowest BCUT2D eigenvalue weighted by Crippen LogP contribution is -2.65. The van der Waals surface area contributed by atoms with Crippen molar-refractivity contribution in [2.24, 2.45) is 0 Å². The largest absolute Gasteiger partial charge is 0.478 e. The van der Waals surface area contributed by atoms with Crippen molar-refractivity contribution in [1.29, 1.82) is 0 Å². The molecule has 14 heteroatoms. The lowest BCUT2D eigenvalue weighted by atomic mass is 10.0. The monoisotopic (exact) mass is 474 g/mol. The number of alkyl halides is 11. The van der Waals surface area contributed by atoms with Gasteiger partial charge in [0.25, 0.3) is 0 Å². The molecule has 0 aliphatic carbocycles. The maximum atomic E-state index is 13.4. The Morgan fingerprint density at radius 3 is 1.64 bits per heavy atom. The molecule has 0 aromatic carbocycles. The molecule has 0 aliphatic heterocycles. The molecular weight excluding hydrogens is 457 g/mol. The second-order valence-corrected chi connectivity index (χ2v) is 7.42. The van der Waals surface area contributed by atoms with Gasteiger partial charge in [-0.15, -0.1) is 0 Å². The summed E-state index contributed by atoms with van der Waals surface area (Å²) in [4.78, 5) is 0. The smallest absolute Gasteiger partial charge is 0.460 e. The van der Waals surface area contributed by atoms with E-state index >= 15 is 0 Å². The molecule has 28 heavy (non-hydrogen) atoms. The van der Waals surface area contributed by atoms with Crippen LogP contribution in [-0.4, -0.2) is 40.2 Å². The van der Waals surface area contributed by atoms with Crippen LogP contribution in [0.15, 0.2) is 0 Å². The minimum absolute atomic E-state index is 0.259. The Morgan fingerprint density at radius 2 is 1.18 bits per heavy atom. The fourth-order valence-electron chi connectivity index (χ4n) is 1.79. The molecule has 0 unspecified atom stereocenters. The van der Waals surface area contributed by atoms with Crippen molar-refractivity contribution < 1.29 is 53.0 Å². The lowest BCUT2D eigenvalue weighted by Gasteiger charge is -2.36. The normalized spacial score (nSPS) is 14.3.